The Morgan fingerprint density at radius 3 is 2.06 bits per heavy atom. The highest BCUT2D eigenvalue weighted by molar-refractivity contribution is 5.97. The van der Waals surface area contributed by atoms with Crippen molar-refractivity contribution in [3.8, 4) is 11.4 Å². The number of hydrogen-bond acceptors (Lipinski definition) is 5. The number of benzene rings is 3. The number of pyridine rings is 1. The van der Waals surface area contributed by atoms with Gasteiger partial charge >= 0.3 is 0 Å². The van der Waals surface area contributed by atoms with Gasteiger partial charge in [0.1, 0.15) is 11.6 Å². The lowest BCUT2D eigenvalue weighted by Crippen LogP contribution is -2.10. The Balaban J connectivity index is 1.64. The Morgan fingerprint density at radius 1 is 0.613 bits per heavy atom. The maximum atomic E-state index is 4.53. The van der Waals surface area contributed by atoms with E-state index in [-0.39, 0.29) is 0 Å². The molecule has 0 saturated carbocycles. The first-order chi connectivity index (χ1) is 15.2. The number of fused-ring (bicyclic) bond motifs is 1. The molecular formula is C26H21N5. The highest BCUT2D eigenvalue weighted by Crippen LogP contribution is 2.38. The summed E-state index contributed by atoms with van der Waals surface area (Å²) < 4.78 is 0. The zero-order valence-electron chi connectivity index (χ0n) is 17.4. The summed E-state index contributed by atoms with van der Waals surface area (Å²) in [5, 5.41) is 1.10. The third-order valence-corrected chi connectivity index (χ3v) is 5.12. The number of hydrogen-bond donors (Lipinski definition) is 0. The summed E-state index contributed by atoms with van der Waals surface area (Å²) in [4.78, 5) is 20.0. The van der Waals surface area contributed by atoms with Crippen molar-refractivity contribution < 1.29 is 0 Å². The summed E-state index contributed by atoms with van der Waals surface area (Å²) in [6.45, 7) is 3.77. The van der Waals surface area contributed by atoms with Crippen molar-refractivity contribution in [2.45, 2.75) is 13.8 Å². The number of para-hydroxylation sites is 1. The molecule has 0 radical (unpaired) electrons. The second-order valence-electron chi connectivity index (χ2n) is 7.32. The van der Waals surface area contributed by atoms with Crippen LogP contribution >= 0.6 is 0 Å². The first-order valence-corrected chi connectivity index (χ1v) is 10.2. The first kappa shape index (κ1) is 18.9. The minimum absolute atomic E-state index is 0.692. The van der Waals surface area contributed by atoms with E-state index in [1.165, 1.54) is 0 Å². The molecule has 0 N–H and O–H groups in total. The van der Waals surface area contributed by atoms with Gasteiger partial charge in [-0.2, -0.15) is 0 Å². The van der Waals surface area contributed by atoms with Crippen molar-refractivity contribution in [1.82, 2.24) is 19.9 Å². The summed E-state index contributed by atoms with van der Waals surface area (Å²) in [6.07, 6.45) is 1.83. The van der Waals surface area contributed by atoms with Crippen LogP contribution in [0.4, 0.5) is 17.1 Å². The van der Waals surface area contributed by atoms with Gasteiger partial charge in [-0.25, -0.2) is 15.0 Å². The standard InChI is InChI=1S/C26H21N5/c1-18-28-19(2)30-26(29-18)20-13-15-22(16-14-20)31(21-8-4-3-5-9-21)25-12-6-11-24-23(25)10-7-17-27-24/h3-17H,1-2H3. The Morgan fingerprint density at radius 2 is 1.32 bits per heavy atom. The summed E-state index contributed by atoms with van der Waals surface area (Å²) in [5.74, 6) is 2.14. The van der Waals surface area contributed by atoms with E-state index >= 15 is 0 Å². The molecule has 0 fully saturated rings. The van der Waals surface area contributed by atoms with E-state index in [1.807, 2.05) is 44.3 Å². The van der Waals surface area contributed by atoms with E-state index in [2.05, 4.69) is 85.5 Å². The molecule has 5 rings (SSSR count). The van der Waals surface area contributed by atoms with Crippen LogP contribution in [0.2, 0.25) is 0 Å². The maximum absolute atomic E-state index is 4.53. The largest absolute Gasteiger partial charge is 0.310 e. The average molecular weight is 403 g/mol. The van der Waals surface area contributed by atoms with E-state index in [0.29, 0.717) is 5.82 Å². The molecule has 5 aromatic rings. The van der Waals surface area contributed by atoms with Crippen LogP contribution in [0.5, 0.6) is 0 Å². The molecule has 0 aliphatic heterocycles. The lowest BCUT2D eigenvalue weighted by Gasteiger charge is -2.26. The molecule has 5 nitrogen and oxygen atoms in total. The van der Waals surface area contributed by atoms with Gasteiger partial charge in [0.05, 0.1) is 11.2 Å². The molecule has 3 aromatic carbocycles. The molecule has 5 heteroatoms. The number of anilines is 3. The van der Waals surface area contributed by atoms with Gasteiger partial charge in [0.2, 0.25) is 0 Å². The molecule has 150 valence electrons. The van der Waals surface area contributed by atoms with Gasteiger partial charge < -0.3 is 4.90 Å². The highest BCUT2D eigenvalue weighted by atomic mass is 15.1. The normalized spacial score (nSPS) is 10.9. The number of aromatic nitrogens is 4. The fraction of sp³-hybridized carbons (Fsp3) is 0.0769. The summed E-state index contributed by atoms with van der Waals surface area (Å²) in [6, 6.07) is 29.0. The second kappa shape index (κ2) is 7.95. The molecule has 0 aliphatic rings. The SMILES string of the molecule is Cc1nc(C)nc(-c2ccc(N(c3ccccc3)c3cccc4ncccc34)cc2)n1. The molecule has 0 amide bonds. The molecule has 0 saturated heterocycles. The van der Waals surface area contributed by atoms with Gasteiger partial charge in [-0.15, -0.1) is 0 Å². The fourth-order valence-electron chi connectivity index (χ4n) is 3.79. The lowest BCUT2D eigenvalue weighted by molar-refractivity contribution is 0.928. The lowest BCUT2D eigenvalue weighted by atomic mass is 10.1. The Bertz CT molecular complexity index is 1320. The van der Waals surface area contributed by atoms with Gasteiger partial charge in [-0.05, 0) is 74.5 Å². The number of aryl methyl sites for hydroxylation is 2. The number of nitrogens with zero attached hydrogens (tertiary/aromatic N) is 5. The van der Waals surface area contributed by atoms with E-state index in [4.69, 9.17) is 0 Å². The predicted molar refractivity (Wildman–Crippen MR) is 125 cm³/mol. The highest BCUT2D eigenvalue weighted by Gasteiger charge is 2.15. The van der Waals surface area contributed by atoms with Crippen LogP contribution in [0.1, 0.15) is 11.6 Å². The van der Waals surface area contributed by atoms with Crippen LogP contribution < -0.4 is 4.90 Å². The quantitative estimate of drug-likeness (QED) is 0.359. The van der Waals surface area contributed by atoms with E-state index < -0.39 is 0 Å². The minimum Gasteiger partial charge on any atom is -0.310 e. The molecule has 2 aromatic heterocycles. The summed E-state index contributed by atoms with van der Waals surface area (Å²) in [5.41, 5.74) is 5.14. The third-order valence-electron chi connectivity index (χ3n) is 5.12. The molecule has 0 aliphatic carbocycles. The van der Waals surface area contributed by atoms with Gasteiger partial charge in [-0.3, -0.25) is 4.98 Å². The smallest absolute Gasteiger partial charge is 0.163 e. The zero-order chi connectivity index (χ0) is 21.2. The molecule has 31 heavy (non-hydrogen) atoms. The second-order valence-corrected chi connectivity index (χ2v) is 7.32. The Kier molecular flexibility index (Phi) is 4.84. The van der Waals surface area contributed by atoms with E-state index in [1.54, 1.807) is 0 Å². The van der Waals surface area contributed by atoms with Crippen molar-refractivity contribution in [2.24, 2.45) is 0 Å². The molecule has 0 unspecified atom stereocenters. The molecule has 0 bridgehead atoms. The van der Waals surface area contributed by atoms with Crippen LogP contribution in [0.15, 0.2) is 91.1 Å². The van der Waals surface area contributed by atoms with Crippen LogP contribution in [0.25, 0.3) is 22.3 Å². The minimum atomic E-state index is 0.692. The zero-order valence-corrected chi connectivity index (χ0v) is 17.4. The van der Waals surface area contributed by atoms with Crippen LogP contribution in [-0.4, -0.2) is 19.9 Å². The van der Waals surface area contributed by atoms with Crippen molar-refractivity contribution >= 4 is 28.0 Å². The van der Waals surface area contributed by atoms with Crippen molar-refractivity contribution in [3.63, 3.8) is 0 Å². The molecular weight excluding hydrogens is 382 g/mol. The van der Waals surface area contributed by atoms with E-state index in [0.717, 1.165) is 45.2 Å². The van der Waals surface area contributed by atoms with E-state index in [9.17, 15) is 0 Å². The molecule has 0 spiro atoms. The predicted octanol–water partition coefficient (Wildman–Crippen LogP) is 6.17. The van der Waals surface area contributed by atoms with Crippen molar-refractivity contribution in [1.29, 1.82) is 0 Å². The van der Waals surface area contributed by atoms with Gasteiger partial charge in [0.15, 0.2) is 5.82 Å². The third kappa shape index (κ3) is 3.73. The topological polar surface area (TPSA) is 54.8 Å². The summed E-state index contributed by atoms with van der Waals surface area (Å²) in [7, 11) is 0. The van der Waals surface area contributed by atoms with Crippen LogP contribution in [-0.2, 0) is 0 Å². The first-order valence-electron chi connectivity index (χ1n) is 10.2. The fourth-order valence-corrected chi connectivity index (χ4v) is 3.79. The Hall–Kier alpha value is -4.12. The van der Waals surface area contributed by atoms with Crippen molar-refractivity contribution in [2.75, 3.05) is 4.90 Å². The maximum Gasteiger partial charge on any atom is 0.163 e. The summed E-state index contributed by atoms with van der Waals surface area (Å²) >= 11 is 0. The van der Waals surface area contributed by atoms with Crippen LogP contribution in [0.3, 0.4) is 0 Å². The molecule has 2 heterocycles. The average Bonchev–Trinajstić information content (AvgIpc) is 2.80. The van der Waals surface area contributed by atoms with Crippen molar-refractivity contribution in [3.05, 3.63) is 103 Å². The van der Waals surface area contributed by atoms with Gasteiger partial charge in [-0.1, -0.05) is 24.3 Å². The van der Waals surface area contributed by atoms with Gasteiger partial charge in [0.25, 0.3) is 0 Å². The molecule has 0 atom stereocenters. The number of rotatable bonds is 4. The van der Waals surface area contributed by atoms with Crippen LogP contribution in [0, 0.1) is 13.8 Å². The monoisotopic (exact) mass is 403 g/mol. The Labute approximate surface area is 181 Å². The van der Waals surface area contributed by atoms with Gasteiger partial charge in [0, 0.05) is 28.5 Å².